The molecule has 0 bridgehead atoms. The average molecular weight is 498 g/mol. The van der Waals surface area contributed by atoms with Gasteiger partial charge in [-0.2, -0.15) is 0 Å². The molecule has 0 unspecified atom stereocenters. The third-order valence-electron chi connectivity index (χ3n) is 5.88. The number of rotatable bonds is 7. The first-order chi connectivity index (χ1) is 16.8. The molecule has 8 nitrogen and oxygen atoms in total. The minimum Gasteiger partial charge on any atom is -0.493 e. The summed E-state index contributed by atoms with van der Waals surface area (Å²) in [5.74, 6) is -1.71. The van der Waals surface area contributed by atoms with Gasteiger partial charge in [-0.3, -0.25) is 4.79 Å². The summed E-state index contributed by atoms with van der Waals surface area (Å²) in [5.41, 5.74) is 3.72. The van der Waals surface area contributed by atoms with Crippen LogP contribution < -0.4 is 14.8 Å². The Kier molecular flexibility index (Phi) is 6.84. The Morgan fingerprint density at radius 1 is 1.11 bits per heavy atom. The fraction of sp³-hybridized carbons (Fsp3) is 0.269. The van der Waals surface area contributed by atoms with Gasteiger partial charge in [0.2, 0.25) is 0 Å². The lowest BCUT2D eigenvalue weighted by Crippen LogP contribution is -2.29. The summed E-state index contributed by atoms with van der Waals surface area (Å²) in [6.45, 7) is 3.31. The highest BCUT2D eigenvalue weighted by Gasteiger charge is 2.43. The van der Waals surface area contributed by atoms with Gasteiger partial charge in [0.05, 0.1) is 37.1 Å². The molecule has 35 heavy (non-hydrogen) atoms. The number of fused-ring (bicyclic) bond motifs is 2. The second kappa shape index (κ2) is 9.84. The molecule has 1 aliphatic carbocycles. The van der Waals surface area contributed by atoms with Gasteiger partial charge in [0, 0.05) is 28.3 Å². The fourth-order valence-electron chi connectivity index (χ4n) is 4.42. The monoisotopic (exact) mass is 497 g/mol. The van der Waals surface area contributed by atoms with Crippen LogP contribution in [-0.2, 0) is 19.1 Å². The predicted molar refractivity (Wildman–Crippen MR) is 128 cm³/mol. The first-order valence-electron chi connectivity index (χ1n) is 10.9. The number of benzene rings is 2. The summed E-state index contributed by atoms with van der Waals surface area (Å²) in [5, 5.41) is 3.37. The number of carbonyl (C=O) groups is 3. The van der Waals surface area contributed by atoms with Crippen LogP contribution in [-0.4, -0.2) is 45.2 Å². The van der Waals surface area contributed by atoms with Crippen LogP contribution in [0.4, 0.5) is 0 Å². The number of ketones is 1. The Hall–Kier alpha value is -3.78. The lowest BCUT2D eigenvalue weighted by Gasteiger charge is -2.29. The van der Waals surface area contributed by atoms with Crippen LogP contribution in [0.15, 0.2) is 53.2 Å². The molecule has 2 aromatic carbocycles. The van der Waals surface area contributed by atoms with E-state index in [1.165, 1.54) is 14.2 Å². The SMILES string of the molecule is CCOC(=O)COc1c(Cl)cc([C@@H]2C(C(=O)OC)=C(C)NC3=C2C(=O)c2ccccc23)cc1OC. The Balaban J connectivity index is 1.84. The Labute approximate surface area is 207 Å². The highest BCUT2D eigenvalue weighted by atomic mass is 35.5. The Bertz CT molecular complexity index is 1290. The van der Waals surface area contributed by atoms with Gasteiger partial charge >= 0.3 is 11.9 Å². The number of esters is 2. The molecule has 0 radical (unpaired) electrons. The maximum atomic E-state index is 13.5. The zero-order valence-electron chi connectivity index (χ0n) is 19.7. The molecule has 2 aromatic rings. The van der Waals surface area contributed by atoms with E-state index in [9.17, 15) is 14.4 Å². The molecule has 1 aliphatic heterocycles. The van der Waals surface area contributed by atoms with Crippen LogP contribution in [0.5, 0.6) is 11.5 Å². The summed E-state index contributed by atoms with van der Waals surface area (Å²) in [4.78, 5) is 38.1. The third-order valence-corrected chi connectivity index (χ3v) is 6.16. The number of dihydropyridines is 1. The third kappa shape index (κ3) is 4.25. The van der Waals surface area contributed by atoms with E-state index in [1.54, 1.807) is 38.1 Å². The Morgan fingerprint density at radius 2 is 1.83 bits per heavy atom. The normalized spacial score (nSPS) is 16.4. The van der Waals surface area contributed by atoms with Crippen molar-refractivity contribution in [3.63, 3.8) is 0 Å². The number of nitrogens with one attached hydrogen (secondary N) is 1. The van der Waals surface area contributed by atoms with Gasteiger partial charge in [0.1, 0.15) is 0 Å². The summed E-state index contributed by atoms with van der Waals surface area (Å²) < 4.78 is 21.0. The summed E-state index contributed by atoms with van der Waals surface area (Å²) >= 11 is 6.55. The van der Waals surface area contributed by atoms with Crippen LogP contribution >= 0.6 is 11.6 Å². The molecule has 0 fully saturated rings. The Morgan fingerprint density at radius 3 is 2.49 bits per heavy atom. The van der Waals surface area contributed by atoms with E-state index in [-0.39, 0.29) is 41.1 Å². The topological polar surface area (TPSA) is 100 Å². The maximum absolute atomic E-state index is 13.5. The molecule has 2 aliphatic rings. The summed E-state index contributed by atoms with van der Waals surface area (Å²) in [7, 11) is 2.72. The number of hydrogen-bond acceptors (Lipinski definition) is 8. The van der Waals surface area contributed by atoms with Gasteiger partial charge in [-0.05, 0) is 31.5 Å². The number of halogens is 1. The van der Waals surface area contributed by atoms with Gasteiger partial charge < -0.3 is 24.3 Å². The molecule has 0 aromatic heterocycles. The van der Waals surface area contributed by atoms with E-state index in [4.69, 9.17) is 30.5 Å². The fourth-order valence-corrected chi connectivity index (χ4v) is 4.70. The van der Waals surface area contributed by atoms with E-state index >= 15 is 0 Å². The smallest absolute Gasteiger partial charge is 0.344 e. The van der Waals surface area contributed by atoms with Crippen molar-refractivity contribution < 1.29 is 33.3 Å². The minimum absolute atomic E-state index is 0.147. The molecule has 1 N–H and O–H groups in total. The zero-order chi connectivity index (χ0) is 25.3. The van der Waals surface area contributed by atoms with Gasteiger partial charge in [0.25, 0.3) is 0 Å². The molecule has 182 valence electrons. The van der Waals surface area contributed by atoms with Gasteiger partial charge in [-0.25, -0.2) is 9.59 Å². The maximum Gasteiger partial charge on any atom is 0.344 e. The first kappa shape index (κ1) is 24.3. The predicted octanol–water partition coefficient (Wildman–Crippen LogP) is 4.03. The summed E-state index contributed by atoms with van der Waals surface area (Å²) in [6, 6.07) is 10.5. The van der Waals surface area contributed by atoms with Crippen LogP contribution in [0.2, 0.25) is 5.02 Å². The van der Waals surface area contributed by atoms with Crippen molar-refractivity contribution in [2.45, 2.75) is 19.8 Å². The van der Waals surface area contributed by atoms with Gasteiger partial charge in [0.15, 0.2) is 23.9 Å². The van der Waals surface area contributed by atoms with E-state index in [1.807, 2.05) is 12.1 Å². The van der Waals surface area contributed by atoms with Crippen molar-refractivity contribution in [2.24, 2.45) is 0 Å². The van der Waals surface area contributed by atoms with Crippen molar-refractivity contribution in [3.05, 3.63) is 75.0 Å². The second-order valence-corrected chi connectivity index (χ2v) is 8.29. The molecule has 1 atom stereocenters. The molecule has 0 spiro atoms. The second-order valence-electron chi connectivity index (χ2n) is 7.88. The van der Waals surface area contributed by atoms with Crippen LogP contribution in [0.1, 0.15) is 41.3 Å². The molecule has 4 rings (SSSR count). The number of allylic oxidation sites excluding steroid dienone is 2. The standard InChI is InChI=1S/C26H24ClNO7/c1-5-34-19(29)12-35-25-17(27)10-14(11-18(25)32-3)21-20(26(31)33-4)13(2)28-23-15-8-6-7-9-16(15)24(30)22(21)23/h6-11,21,28H,5,12H2,1-4H3/t21-/m1/s1. The molecule has 0 saturated heterocycles. The number of Topliss-reactive ketones (excluding diaryl/α,β-unsaturated/α-hetero) is 1. The van der Waals surface area contributed by atoms with E-state index in [0.29, 0.717) is 28.1 Å². The van der Waals surface area contributed by atoms with Crippen molar-refractivity contribution >= 4 is 35.0 Å². The van der Waals surface area contributed by atoms with Crippen LogP contribution in [0.25, 0.3) is 5.70 Å². The largest absolute Gasteiger partial charge is 0.493 e. The van der Waals surface area contributed by atoms with Gasteiger partial charge in [-0.15, -0.1) is 0 Å². The van der Waals surface area contributed by atoms with E-state index < -0.39 is 17.9 Å². The number of carbonyl (C=O) groups excluding carboxylic acids is 3. The highest BCUT2D eigenvalue weighted by molar-refractivity contribution is 6.32. The molecule has 1 heterocycles. The van der Waals surface area contributed by atoms with Crippen LogP contribution in [0.3, 0.4) is 0 Å². The van der Waals surface area contributed by atoms with Crippen molar-refractivity contribution in [3.8, 4) is 11.5 Å². The molecular formula is C26H24ClNO7. The van der Waals surface area contributed by atoms with Gasteiger partial charge in [-0.1, -0.05) is 35.9 Å². The summed E-state index contributed by atoms with van der Waals surface area (Å²) in [6.07, 6.45) is 0. The van der Waals surface area contributed by atoms with Crippen molar-refractivity contribution in [1.29, 1.82) is 0 Å². The minimum atomic E-state index is -0.774. The molecule has 0 saturated carbocycles. The van der Waals surface area contributed by atoms with Crippen LogP contribution in [0, 0.1) is 0 Å². The number of methoxy groups -OCH3 is 2. The van der Waals surface area contributed by atoms with Crippen molar-refractivity contribution in [2.75, 3.05) is 27.4 Å². The first-order valence-corrected chi connectivity index (χ1v) is 11.3. The molecular weight excluding hydrogens is 474 g/mol. The average Bonchev–Trinajstić information content (AvgIpc) is 3.13. The zero-order valence-corrected chi connectivity index (χ0v) is 20.4. The van der Waals surface area contributed by atoms with E-state index in [2.05, 4.69) is 5.32 Å². The quantitative estimate of drug-likeness (QED) is 0.572. The lowest BCUT2D eigenvalue weighted by molar-refractivity contribution is -0.145. The lowest BCUT2D eigenvalue weighted by atomic mass is 9.79. The number of ether oxygens (including phenoxy) is 4. The van der Waals surface area contributed by atoms with E-state index in [0.717, 1.165) is 5.56 Å². The molecule has 9 heteroatoms. The van der Waals surface area contributed by atoms with Crippen molar-refractivity contribution in [1.82, 2.24) is 5.32 Å². The number of hydrogen-bond donors (Lipinski definition) is 1. The molecule has 0 amide bonds. The highest BCUT2D eigenvalue weighted by Crippen LogP contribution is 2.49.